The van der Waals surface area contributed by atoms with Crippen LogP contribution in [0, 0.1) is 0 Å². The van der Waals surface area contributed by atoms with Gasteiger partial charge in [-0.15, -0.1) is 0 Å². The minimum atomic E-state index is -0.127. The van der Waals surface area contributed by atoms with Crippen molar-refractivity contribution in [3.05, 3.63) is 23.9 Å². The number of hydrogen-bond donors (Lipinski definition) is 2. The molecule has 1 aromatic rings. The molecule has 3 nitrogen and oxygen atoms in total. The van der Waals surface area contributed by atoms with Crippen molar-refractivity contribution in [3.8, 4) is 0 Å². The molecule has 0 atom stereocenters. The maximum Gasteiger partial charge on any atom is 0.123 e. The van der Waals surface area contributed by atoms with Crippen molar-refractivity contribution in [2.45, 2.75) is 24.9 Å². The normalized spacial score (nSPS) is 28.1. The third-order valence-electron chi connectivity index (χ3n) is 2.32. The van der Waals surface area contributed by atoms with Gasteiger partial charge in [0.15, 0.2) is 0 Å². The molecule has 0 unspecified atom stereocenters. The van der Waals surface area contributed by atoms with Gasteiger partial charge < -0.3 is 10.8 Å². The maximum atomic E-state index is 9.09. The first-order chi connectivity index (χ1) is 5.75. The number of rotatable bonds is 1. The van der Waals surface area contributed by atoms with Crippen LogP contribution < -0.4 is 5.73 Å². The predicted molar refractivity (Wildman–Crippen MR) is 46.6 cm³/mol. The molecule has 0 aromatic carbocycles. The molecule has 0 aliphatic heterocycles. The Kier molecular flexibility index (Phi) is 1.73. The lowest BCUT2D eigenvalue weighted by Crippen LogP contribution is -2.27. The Bertz CT molecular complexity index is 282. The summed E-state index contributed by atoms with van der Waals surface area (Å²) in [4.78, 5) is 4.20. The van der Waals surface area contributed by atoms with E-state index >= 15 is 0 Å². The standard InChI is InChI=1S/C9H12N2O/c10-9-3-1-2-8(11-9)6-4-7(12)5-6/h1-3,6-7,12H,4-5H2,(H2,10,11). The van der Waals surface area contributed by atoms with Gasteiger partial charge in [-0.2, -0.15) is 0 Å². The first-order valence-corrected chi connectivity index (χ1v) is 4.16. The zero-order chi connectivity index (χ0) is 8.55. The second kappa shape index (κ2) is 2.75. The van der Waals surface area contributed by atoms with Gasteiger partial charge in [-0.05, 0) is 25.0 Å². The molecule has 0 saturated heterocycles. The Labute approximate surface area is 71.2 Å². The average Bonchev–Trinajstić information content (AvgIpc) is 1.99. The van der Waals surface area contributed by atoms with E-state index in [4.69, 9.17) is 10.8 Å². The second-order valence-electron chi connectivity index (χ2n) is 3.31. The number of nitrogen functional groups attached to an aromatic ring is 1. The summed E-state index contributed by atoms with van der Waals surface area (Å²) < 4.78 is 0. The molecule has 2 rings (SSSR count). The van der Waals surface area contributed by atoms with Crippen LogP contribution in [0.4, 0.5) is 5.82 Å². The van der Waals surface area contributed by atoms with Crippen LogP contribution in [-0.4, -0.2) is 16.2 Å². The van der Waals surface area contributed by atoms with Crippen molar-refractivity contribution in [3.63, 3.8) is 0 Å². The van der Waals surface area contributed by atoms with E-state index in [1.165, 1.54) is 0 Å². The van der Waals surface area contributed by atoms with Crippen LogP contribution in [0.1, 0.15) is 24.5 Å². The number of hydrogen-bond acceptors (Lipinski definition) is 3. The summed E-state index contributed by atoms with van der Waals surface area (Å²) in [5.74, 6) is 0.984. The summed E-state index contributed by atoms with van der Waals surface area (Å²) in [5, 5.41) is 9.09. The van der Waals surface area contributed by atoms with Gasteiger partial charge in [0.2, 0.25) is 0 Å². The molecule has 0 bridgehead atoms. The van der Waals surface area contributed by atoms with Gasteiger partial charge >= 0.3 is 0 Å². The van der Waals surface area contributed by atoms with E-state index in [-0.39, 0.29) is 6.10 Å². The quantitative estimate of drug-likeness (QED) is 0.648. The Morgan fingerprint density at radius 3 is 2.75 bits per heavy atom. The lowest BCUT2D eigenvalue weighted by Gasteiger charge is -2.30. The van der Waals surface area contributed by atoms with E-state index in [0.29, 0.717) is 11.7 Å². The highest BCUT2D eigenvalue weighted by atomic mass is 16.3. The largest absolute Gasteiger partial charge is 0.393 e. The number of nitrogens with two attached hydrogens (primary N) is 1. The minimum absolute atomic E-state index is 0.127. The Balaban J connectivity index is 2.13. The molecule has 1 heterocycles. The van der Waals surface area contributed by atoms with E-state index in [1.807, 2.05) is 12.1 Å². The van der Waals surface area contributed by atoms with Crippen LogP contribution in [0.15, 0.2) is 18.2 Å². The Morgan fingerprint density at radius 1 is 1.42 bits per heavy atom. The molecule has 1 fully saturated rings. The zero-order valence-corrected chi connectivity index (χ0v) is 6.77. The molecule has 3 N–H and O–H groups in total. The highest BCUT2D eigenvalue weighted by Gasteiger charge is 2.29. The lowest BCUT2D eigenvalue weighted by atomic mass is 9.80. The van der Waals surface area contributed by atoms with Gasteiger partial charge in [0.25, 0.3) is 0 Å². The van der Waals surface area contributed by atoms with Crippen molar-refractivity contribution in [2.75, 3.05) is 5.73 Å². The van der Waals surface area contributed by atoms with Crippen LogP contribution in [0.25, 0.3) is 0 Å². The van der Waals surface area contributed by atoms with Crippen LogP contribution in [0.5, 0.6) is 0 Å². The van der Waals surface area contributed by atoms with E-state index in [1.54, 1.807) is 6.07 Å². The van der Waals surface area contributed by atoms with Crippen LogP contribution >= 0.6 is 0 Å². The van der Waals surface area contributed by atoms with E-state index in [0.717, 1.165) is 18.5 Å². The van der Waals surface area contributed by atoms with Crippen molar-refractivity contribution in [1.29, 1.82) is 0 Å². The summed E-state index contributed by atoms with van der Waals surface area (Å²) in [6.07, 6.45) is 1.53. The number of anilines is 1. The molecule has 0 amide bonds. The molecule has 1 aliphatic rings. The topological polar surface area (TPSA) is 59.1 Å². The van der Waals surface area contributed by atoms with E-state index < -0.39 is 0 Å². The van der Waals surface area contributed by atoms with Gasteiger partial charge in [-0.3, -0.25) is 0 Å². The second-order valence-corrected chi connectivity index (χ2v) is 3.31. The monoisotopic (exact) mass is 164 g/mol. The fourth-order valence-corrected chi connectivity index (χ4v) is 1.53. The van der Waals surface area contributed by atoms with Crippen LogP contribution in [0.3, 0.4) is 0 Å². The number of nitrogens with zero attached hydrogens (tertiary/aromatic N) is 1. The molecule has 1 aromatic heterocycles. The van der Waals surface area contributed by atoms with Gasteiger partial charge in [0, 0.05) is 11.6 Å². The fourth-order valence-electron chi connectivity index (χ4n) is 1.53. The summed E-state index contributed by atoms with van der Waals surface area (Å²) in [5.41, 5.74) is 6.55. The SMILES string of the molecule is Nc1cccc(C2CC(O)C2)n1. The fraction of sp³-hybridized carbons (Fsp3) is 0.444. The number of pyridine rings is 1. The van der Waals surface area contributed by atoms with Crippen molar-refractivity contribution >= 4 is 5.82 Å². The third-order valence-corrected chi connectivity index (χ3v) is 2.32. The smallest absolute Gasteiger partial charge is 0.123 e. The molecule has 1 aliphatic carbocycles. The Hall–Kier alpha value is -1.09. The predicted octanol–water partition coefficient (Wildman–Crippen LogP) is 0.902. The molecule has 3 heteroatoms. The first-order valence-electron chi connectivity index (χ1n) is 4.16. The number of aliphatic hydroxyl groups excluding tert-OH is 1. The molecule has 1 saturated carbocycles. The lowest BCUT2D eigenvalue weighted by molar-refractivity contribution is 0.0733. The molecule has 64 valence electrons. The summed E-state index contributed by atoms with van der Waals surface area (Å²) in [6.45, 7) is 0. The average molecular weight is 164 g/mol. The van der Waals surface area contributed by atoms with Crippen LogP contribution in [0.2, 0.25) is 0 Å². The third kappa shape index (κ3) is 1.28. The van der Waals surface area contributed by atoms with Gasteiger partial charge in [0.1, 0.15) is 5.82 Å². The molecule has 0 spiro atoms. The van der Waals surface area contributed by atoms with Gasteiger partial charge in [-0.25, -0.2) is 4.98 Å². The zero-order valence-electron chi connectivity index (χ0n) is 6.77. The molecular formula is C9H12N2O. The minimum Gasteiger partial charge on any atom is -0.393 e. The Morgan fingerprint density at radius 2 is 2.17 bits per heavy atom. The molecule has 12 heavy (non-hydrogen) atoms. The number of aliphatic hydroxyl groups is 1. The number of aromatic nitrogens is 1. The van der Waals surface area contributed by atoms with E-state index in [2.05, 4.69) is 4.98 Å². The molecule has 0 radical (unpaired) electrons. The summed E-state index contributed by atoms with van der Waals surface area (Å²) in [7, 11) is 0. The summed E-state index contributed by atoms with van der Waals surface area (Å²) >= 11 is 0. The highest BCUT2D eigenvalue weighted by Crippen LogP contribution is 2.35. The van der Waals surface area contributed by atoms with Gasteiger partial charge in [-0.1, -0.05) is 6.07 Å². The summed E-state index contributed by atoms with van der Waals surface area (Å²) in [6, 6.07) is 5.65. The van der Waals surface area contributed by atoms with E-state index in [9.17, 15) is 0 Å². The highest BCUT2D eigenvalue weighted by molar-refractivity contribution is 5.30. The van der Waals surface area contributed by atoms with Gasteiger partial charge in [0.05, 0.1) is 6.10 Å². The molecular weight excluding hydrogens is 152 g/mol. The van der Waals surface area contributed by atoms with Crippen molar-refractivity contribution in [2.24, 2.45) is 0 Å². The maximum absolute atomic E-state index is 9.09. The van der Waals surface area contributed by atoms with Crippen molar-refractivity contribution < 1.29 is 5.11 Å². The van der Waals surface area contributed by atoms with Crippen LogP contribution in [-0.2, 0) is 0 Å². The first kappa shape index (κ1) is 7.55. The van der Waals surface area contributed by atoms with Crippen molar-refractivity contribution in [1.82, 2.24) is 4.98 Å².